The molecule has 6 aromatic rings. The molecule has 6 aromatic carbocycles. The number of rotatable bonds is 15. The Labute approximate surface area is 305 Å². The van der Waals surface area contributed by atoms with Gasteiger partial charge in [0.1, 0.15) is 36.9 Å². The molecule has 2 atom stereocenters. The summed E-state index contributed by atoms with van der Waals surface area (Å²) in [6.45, 7) is 3.49. The normalized spacial score (nSPS) is 12.2. The first-order chi connectivity index (χ1) is 25.3. The Balaban J connectivity index is 1.26. The van der Waals surface area contributed by atoms with Crippen LogP contribution in [0.25, 0.3) is 11.1 Å². The van der Waals surface area contributed by atoms with Gasteiger partial charge in [0.25, 0.3) is 0 Å². The molecule has 0 aliphatic carbocycles. The maximum absolute atomic E-state index is 9.67. The minimum absolute atomic E-state index is 0.0194. The summed E-state index contributed by atoms with van der Waals surface area (Å²) in [5.41, 5.74) is 10.4. The van der Waals surface area contributed by atoms with E-state index in [9.17, 15) is 10.2 Å². The standard InChI is InChI=1S/C44H44N2O6/c1-31-5-3-7-39(25-31)45(37-17-21-43(22-18-37)51-29-41(49)27-47)35-13-9-33(10-14-35)34-11-15-36(16-12-34)46(40-8-4-6-32(2)26-40)38-19-23-44(24-20-38)52-30-42(50)28-48/h3-26,41-42,47-50H,27-30H2,1-2H3. The molecule has 0 saturated carbocycles. The predicted octanol–water partition coefficient (Wildman–Crippen LogP) is 8.37. The molecule has 0 spiro atoms. The quantitative estimate of drug-likeness (QED) is 0.0849. The Morgan fingerprint density at radius 2 is 0.769 bits per heavy atom. The maximum Gasteiger partial charge on any atom is 0.119 e. The molecule has 0 heterocycles. The summed E-state index contributed by atoms with van der Waals surface area (Å²) in [6.07, 6.45) is -1.85. The highest BCUT2D eigenvalue weighted by Gasteiger charge is 2.16. The van der Waals surface area contributed by atoms with Gasteiger partial charge in [-0.2, -0.15) is 0 Å². The average Bonchev–Trinajstić information content (AvgIpc) is 3.18. The number of aliphatic hydroxyl groups excluding tert-OH is 4. The predicted molar refractivity (Wildman–Crippen MR) is 208 cm³/mol. The highest BCUT2D eigenvalue weighted by atomic mass is 16.5. The van der Waals surface area contributed by atoms with E-state index in [1.54, 1.807) is 0 Å². The molecule has 266 valence electrons. The Bertz CT molecular complexity index is 1870. The number of hydrogen-bond acceptors (Lipinski definition) is 8. The van der Waals surface area contributed by atoms with E-state index < -0.39 is 12.2 Å². The van der Waals surface area contributed by atoms with Gasteiger partial charge in [-0.15, -0.1) is 0 Å². The third kappa shape index (κ3) is 8.98. The van der Waals surface area contributed by atoms with Crippen LogP contribution in [-0.2, 0) is 0 Å². The van der Waals surface area contributed by atoms with Crippen molar-refractivity contribution in [1.82, 2.24) is 0 Å². The van der Waals surface area contributed by atoms with Crippen LogP contribution in [0.1, 0.15) is 11.1 Å². The van der Waals surface area contributed by atoms with Gasteiger partial charge in [0.05, 0.1) is 13.2 Å². The summed E-state index contributed by atoms with van der Waals surface area (Å²) in [5.74, 6) is 1.22. The van der Waals surface area contributed by atoms with Crippen molar-refractivity contribution in [1.29, 1.82) is 0 Å². The lowest BCUT2D eigenvalue weighted by molar-refractivity contribution is 0.0536. The zero-order valence-electron chi connectivity index (χ0n) is 29.3. The fraction of sp³-hybridized carbons (Fsp3) is 0.182. The van der Waals surface area contributed by atoms with E-state index in [1.165, 1.54) is 0 Å². The van der Waals surface area contributed by atoms with Gasteiger partial charge in [-0.1, -0.05) is 48.5 Å². The van der Waals surface area contributed by atoms with Gasteiger partial charge < -0.3 is 39.7 Å². The molecule has 0 saturated heterocycles. The molecule has 2 unspecified atom stereocenters. The number of anilines is 6. The van der Waals surface area contributed by atoms with E-state index in [0.29, 0.717) is 11.5 Å². The molecule has 0 radical (unpaired) electrons. The van der Waals surface area contributed by atoms with Gasteiger partial charge in [0.15, 0.2) is 0 Å². The van der Waals surface area contributed by atoms with E-state index in [2.05, 4.69) is 109 Å². The molecule has 0 aliphatic rings. The van der Waals surface area contributed by atoms with Crippen LogP contribution in [0.15, 0.2) is 146 Å². The van der Waals surface area contributed by atoms with Crippen molar-refractivity contribution >= 4 is 34.1 Å². The van der Waals surface area contributed by atoms with Gasteiger partial charge >= 0.3 is 0 Å². The van der Waals surface area contributed by atoms with Gasteiger partial charge in [-0.25, -0.2) is 0 Å². The lowest BCUT2D eigenvalue weighted by atomic mass is 10.0. The van der Waals surface area contributed by atoms with Crippen molar-refractivity contribution in [2.75, 3.05) is 36.2 Å². The number of hydrogen-bond donors (Lipinski definition) is 4. The van der Waals surface area contributed by atoms with Gasteiger partial charge in [-0.05, 0) is 133 Å². The lowest BCUT2D eigenvalue weighted by Crippen LogP contribution is -2.21. The molecule has 8 heteroatoms. The molecule has 0 amide bonds. The van der Waals surface area contributed by atoms with Crippen molar-refractivity contribution in [3.05, 3.63) is 157 Å². The smallest absolute Gasteiger partial charge is 0.119 e. The molecule has 4 N–H and O–H groups in total. The molecule has 0 aromatic heterocycles. The highest BCUT2D eigenvalue weighted by molar-refractivity contribution is 5.81. The number of nitrogens with zero attached hydrogens (tertiary/aromatic N) is 2. The molecule has 0 aliphatic heterocycles. The minimum Gasteiger partial charge on any atom is -0.491 e. The summed E-state index contributed by atoms with van der Waals surface area (Å²) in [4.78, 5) is 4.38. The van der Waals surface area contributed by atoms with Crippen molar-refractivity contribution in [3.63, 3.8) is 0 Å². The first kappa shape index (κ1) is 36.2. The molecule has 8 nitrogen and oxygen atoms in total. The van der Waals surface area contributed by atoms with Gasteiger partial charge in [0.2, 0.25) is 0 Å². The second-order valence-electron chi connectivity index (χ2n) is 12.7. The van der Waals surface area contributed by atoms with Crippen LogP contribution >= 0.6 is 0 Å². The first-order valence-corrected chi connectivity index (χ1v) is 17.3. The SMILES string of the molecule is Cc1cccc(N(c2ccc(OCC(O)CO)cc2)c2ccc(-c3ccc(N(c4ccc(OCC(O)CO)cc4)c4cccc(C)c4)cc3)cc2)c1. The Morgan fingerprint density at radius 3 is 1.08 bits per heavy atom. The zero-order chi connectivity index (χ0) is 36.5. The average molecular weight is 697 g/mol. The largest absolute Gasteiger partial charge is 0.491 e. The maximum atomic E-state index is 9.67. The van der Waals surface area contributed by atoms with Crippen LogP contribution in [0, 0.1) is 13.8 Å². The Morgan fingerprint density at radius 1 is 0.442 bits per heavy atom. The minimum atomic E-state index is -0.927. The Kier molecular flexibility index (Phi) is 11.9. The second kappa shape index (κ2) is 17.0. The van der Waals surface area contributed by atoms with E-state index in [1.807, 2.05) is 60.7 Å². The lowest BCUT2D eigenvalue weighted by Gasteiger charge is -2.27. The molecule has 0 fully saturated rings. The van der Waals surface area contributed by atoms with Crippen molar-refractivity contribution in [2.45, 2.75) is 26.1 Å². The Hall–Kier alpha value is -5.64. The summed E-state index contributed by atoms with van der Waals surface area (Å²) in [7, 11) is 0. The summed E-state index contributed by atoms with van der Waals surface area (Å²) in [5, 5.41) is 37.6. The van der Waals surface area contributed by atoms with Crippen molar-refractivity contribution < 1.29 is 29.9 Å². The summed E-state index contributed by atoms with van der Waals surface area (Å²) in [6, 6.07) is 49.1. The molecule has 0 bridgehead atoms. The van der Waals surface area contributed by atoms with E-state index in [0.717, 1.165) is 56.4 Å². The van der Waals surface area contributed by atoms with Crippen LogP contribution in [0.4, 0.5) is 34.1 Å². The second-order valence-corrected chi connectivity index (χ2v) is 12.7. The molecule has 52 heavy (non-hydrogen) atoms. The fourth-order valence-electron chi connectivity index (χ4n) is 5.91. The summed E-state index contributed by atoms with van der Waals surface area (Å²) < 4.78 is 11.3. The number of aliphatic hydroxyl groups is 4. The van der Waals surface area contributed by atoms with Crippen LogP contribution < -0.4 is 19.3 Å². The zero-order valence-corrected chi connectivity index (χ0v) is 29.3. The summed E-state index contributed by atoms with van der Waals surface area (Å²) >= 11 is 0. The van der Waals surface area contributed by atoms with Crippen LogP contribution in [-0.4, -0.2) is 59.1 Å². The topological polar surface area (TPSA) is 106 Å². The van der Waals surface area contributed by atoms with Gasteiger partial charge in [0, 0.05) is 34.1 Å². The van der Waals surface area contributed by atoms with E-state index >= 15 is 0 Å². The molecular weight excluding hydrogens is 652 g/mol. The highest BCUT2D eigenvalue weighted by Crippen LogP contribution is 2.39. The van der Waals surface area contributed by atoms with Gasteiger partial charge in [-0.3, -0.25) is 0 Å². The van der Waals surface area contributed by atoms with Crippen LogP contribution in [0.2, 0.25) is 0 Å². The number of aryl methyl sites for hydroxylation is 2. The fourth-order valence-corrected chi connectivity index (χ4v) is 5.91. The number of ether oxygens (including phenoxy) is 2. The third-order valence-electron chi connectivity index (χ3n) is 8.60. The molecular formula is C44H44N2O6. The van der Waals surface area contributed by atoms with Crippen LogP contribution in [0.5, 0.6) is 11.5 Å². The van der Waals surface area contributed by atoms with E-state index in [4.69, 9.17) is 19.7 Å². The van der Waals surface area contributed by atoms with Crippen molar-refractivity contribution in [2.24, 2.45) is 0 Å². The monoisotopic (exact) mass is 696 g/mol. The van der Waals surface area contributed by atoms with E-state index in [-0.39, 0.29) is 26.4 Å². The third-order valence-corrected chi connectivity index (χ3v) is 8.60. The number of benzene rings is 6. The van der Waals surface area contributed by atoms with Crippen molar-refractivity contribution in [3.8, 4) is 22.6 Å². The first-order valence-electron chi connectivity index (χ1n) is 17.3. The molecule has 6 rings (SSSR count). The van der Waals surface area contributed by atoms with Crippen LogP contribution in [0.3, 0.4) is 0 Å².